The van der Waals surface area contributed by atoms with Crippen molar-refractivity contribution < 1.29 is 0 Å². The monoisotopic (exact) mass is 232 g/mol. The predicted octanol–water partition coefficient (Wildman–Crippen LogP) is 2.67. The summed E-state index contributed by atoms with van der Waals surface area (Å²) in [7, 11) is 0. The van der Waals surface area contributed by atoms with Crippen LogP contribution in [0.3, 0.4) is 0 Å². The largest absolute Gasteiger partial charge is 0.283 e. The molecule has 92 valence electrons. The highest BCUT2D eigenvalue weighted by atomic mass is 15.3. The minimum absolute atomic E-state index is 0.467. The maximum Gasteiger partial charge on any atom is 0.0653 e. The maximum absolute atomic E-state index is 4.49. The first kappa shape index (κ1) is 11.9. The van der Waals surface area contributed by atoms with Gasteiger partial charge in [0.25, 0.3) is 0 Å². The van der Waals surface area contributed by atoms with Gasteiger partial charge in [-0.2, -0.15) is 10.2 Å². The summed E-state index contributed by atoms with van der Waals surface area (Å²) < 4.78 is 2.02. The van der Waals surface area contributed by atoms with Crippen LogP contribution in [0.1, 0.15) is 43.3 Å². The molecule has 4 nitrogen and oxygen atoms in total. The highest BCUT2D eigenvalue weighted by Crippen LogP contribution is 2.17. The number of H-pyrrole nitrogens is 1. The van der Waals surface area contributed by atoms with Gasteiger partial charge in [-0.3, -0.25) is 9.78 Å². The van der Waals surface area contributed by atoms with Gasteiger partial charge >= 0.3 is 0 Å². The molecule has 4 heteroatoms. The highest BCUT2D eigenvalue weighted by Gasteiger charge is 2.09. The molecule has 1 atom stereocenters. The Morgan fingerprint density at radius 1 is 1.47 bits per heavy atom. The molecule has 0 spiro atoms. The van der Waals surface area contributed by atoms with E-state index < -0.39 is 0 Å². The van der Waals surface area contributed by atoms with E-state index in [0.717, 1.165) is 36.5 Å². The van der Waals surface area contributed by atoms with Crippen LogP contribution in [0.15, 0.2) is 18.3 Å². The first-order valence-electron chi connectivity index (χ1n) is 6.23. The Bertz CT molecular complexity index is 469. The standard InChI is InChI=1S/C13H20N4/c1-4-12-6-8-17(16-12)7-5-10(2)13-9-11(3)14-15-13/h6,8-10H,4-5,7H2,1-3H3,(H,14,15). The quantitative estimate of drug-likeness (QED) is 0.861. The number of aryl methyl sites for hydroxylation is 3. The van der Waals surface area contributed by atoms with Crippen LogP contribution >= 0.6 is 0 Å². The molecule has 2 heterocycles. The second kappa shape index (κ2) is 5.17. The van der Waals surface area contributed by atoms with Crippen LogP contribution in [0.25, 0.3) is 0 Å². The lowest BCUT2D eigenvalue weighted by Crippen LogP contribution is -2.04. The van der Waals surface area contributed by atoms with Crippen molar-refractivity contribution in [2.45, 2.75) is 46.1 Å². The Balaban J connectivity index is 1.89. The van der Waals surface area contributed by atoms with Gasteiger partial charge in [-0.25, -0.2) is 0 Å². The van der Waals surface area contributed by atoms with Crippen LogP contribution in [0.4, 0.5) is 0 Å². The molecule has 0 aliphatic carbocycles. The Hall–Kier alpha value is -1.58. The van der Waals surface area contributed by atoms with E-state index in [-0.39, 0.29) is 0 Å². The molecule has 0 aromatic carbocycles. The summed E-state index contributed by atoms with van der Waals surface area (Å²) in [6, 6.07) is 4.20. The van der Waals surface area contributed by atoms with E-state index in [4.69, 9.17) is 0 Å². The van der Waals surface area contributed by atoms with E-state index in [1.54, 1.807) is 0 Å². The Morgan fingerprint density at radius 2 is 2.29 bits per heavy atom. The summed E-state index contributed by atoms with van der Waals surface area (Å²) in [6.45, 7) is 7.32. The molecule has 2 rings (SSSR count). The van der Waals surface area contributed by atoms with Gasteiger partial charge < -0.3 is 0 Å². The second-order valence-electron chi connectivity index (χ2n) is 4.59. The average molecular weight is 232 g/mol. The second-order valence-corrected chi connectivity index (χ2v) is 4.59. The van der Waals surface area contributed by atoms with Crippen LogP contribution in [0, 0.1) is 6.92 Å². The first-order chi connectivity index (χ1) is 8.19. The molecule has 0 saturated heterocycles. The molecule has 0 aliphatic heterocycles. The van der Waals surface area contributed by atoms with Gasteiger partial charge in [-0.15, -0.1) is 0 Å². The van der Waals surface area contributed by atoms with E-state index in [2.05, 4.69) is 47.5 Å². The van der Waals surface area contributed by atoms with Crippen molar-refractivity contribution in [2.75, 3.05) is 0 Å². The van der Waals surface area contributed by atoms with Crippen molar-refractivity contribution in [1.82, 2.24) is 20.0 Å². The number of nitrogens with zero attached hydrogens (tertiary/aromatic N) is 3. The van der Waals surface area contributed by atoms with Crippen molar-refractivity contribution >= 4 is 0 Å². The van der Waals surface area contributed by atoms with Crippen molar-refractivity contribution in [1.29, 1.82) is 0 Å². The minimum atomic E-state index is 0.467. The number of aromatic amines is 1. The SMILES string of the molecule is CCc1ccn(CCC(C)c2cc(C)[nH]n2)n1. The van der Waals surface area contributed by atoms with Crippen molar-refractivity contribution in [3.63, 3.8) is 0 Å². The van der Waals surface area contributed by atoms with Crippen molar-refractivity contribution in [3.05, 3.63) is 35.4 Å². The zero-order valence-electron chi connectivity index (χ0n) is 10.8. The Kier molecular flexibility index (Phi) is 3.61. The summed E-state index contributed by atoms with van der Waals surface area (Å²) in [4.78, 5) is 0. The van der Waals surface area contributed by atoms with E-state index in [0.29, 0.717) is 5.92 Å². The highest BCUT2D eigenvalue weighted by molar-refractivity contribution is 5.10. The fourth-order valence-electron chi connectivity index (χ4n) is 1.88. The lowest BCUT2D eigenvalue weighted by molar-refractivity contribution is 0.523. The molecule has 17 heavy (non-hydrogen) atoms. The van der Waals surface area contributed by atoms with E-state index in [9.17, 15) is 0 Å². The van der Waals surface area contributed by atoms with Gasteiger partial charge in [-0.1, -0.05) is 13.8 Å². The fourth-order valence-corrected chi connectivity index (χ4v) is 1.88. The van der Waals surface area contributed by atoms with Crippen LogP contribution in [0.2, 0.25) is 0 Å². The molecule has 0 saturated carbocycles. The molecule has 2 aromatic rings. The van der Waals surface area contributed by atoms with Crippen LogP contribution < -0.4 is 0 Å². The van der Waals surface area contributed by atoms with Crippen molar-refractivity contribution in [3.8, 4) is 0 Å². The third-order valence-corrected chi connectivity index (χ3v) is 3.08. The topological polar surface area (TPSA) is 46.5 Å². The molecular formula is C13H20N4. The van der Waals surface area contributed by atoms with Gasteiger partial charge in [0.05, 0.1) is 11.4 Å². The van der Waals surface area contributed by atoms with E-state index in [1.807, 2.05) is 11.6 Å². The minimum Gasteiger partial charge on any atom is -0.283 e. The Labute approximate surface area is 102 Å². The maximum atomic E-state index is 4.49. The normalized spacial score (nSPS) is 12.9. The molecule has 0 aliphatic rings. The lowest BCUT2D eigenvalue weighted by atomic mass is 10.0. The molecule has 0 fully saturated rings. The molecule has 0 bridgehead atoms. The third kappa shape index (κ3) is 2.96. The number of hydrogen-bond acceptors (Lipinski definition) is 2. The van der Waals surface area contributed by atoms with Gasteiger partial charge in [-0.05, 0) is 31.9 Å². The molecule has 0 amide bonds. The van der Waals surface area contributed by atoms with Crippen LogP contribution in [0.5, 0.6) is 0 Å². The first-order valence-corrected chi connectivity index (χ1v) is 6.23. The molecule has 1 N–H and O–H groups in total. The summed E-state index contributed by atoms with van der Waals surface area (Å²) >= 11 is 0. The number of hydrogen-bond donors (Lipinski definition) is 1. The summed E-state index contributed by atoms with van der Waals surface area (Å²) in [5.74, 6) is 0.467. The van der Waals surface area contributed by atoms with E-state index >= 15 is 0 Å². The summed E-state index contributed by atoms with van der Waals surface area (Å²) in [6.07, 6.45) is 4.12. The number of rotatable bonds is 5. The molecule has 0 radical (unpaired) electrons. The zero-order chi connectivity index (χ0) is 12.3. The zero-order valence-corrected chi connectivity index (χ0v) is 10.8. The average Bonchev–Trinajstić information content (AvgIpc) is 2.94. The van der Waals surface area contributed by atoms with Gasteiger partial charge in [0.15, 0.2) is 0 Å². The Morgan fingerprint density at radius 3 is 2.88 bits per heavy atom. The molecule has 2 aromatic heterocycles. The predicted molar refractivity (Wildman–Crippen MR) is 68.0 cm³/mol. The van der Waals surface area contributed by atoms with Gasteiger partial charge in [0.1, 0.15) is 0 Å². The lowest BCUT2D eigenvalue weighted by Gasteiger charge is -2.08. The third-order valence-electron chi connectivity index (χ3n) is 3.08. The van der Waals surface area contributed by atoms with E-state index in [1.165, 1.54) is 0 Å². The molecular weight excluding hydrogens is 212 g/mol. The smallest absolute Gasteiger partial charge is 0.0653 e. The molecule has 1 unspecified atom stereocenters. The van der Waals surface area contributed by atoms with Crippen LogP contribution in [-0.4, -0.2) is 20.0 Å². The van der Waals surface area contributed by atoms with Gasteiger partial charge in [0, 0.05) is 24.4 Å². The summed E-state index contributed by atoms with van der Waals surface area (Å²) in [5.41, 5.74) is 3.43. The number of nitrogens with one attached hydrogen (secondary N) is 1. The van der Waals surface area contributed by atoms with Crippen molar-refractivity contribution in [2.24, 2.45) is 0 Å². The number of aromatic nitrogens is 4. The van der Waals surface area contributed by atoms with Gasteiger partial charge in [0.2, 0.25) is 0 Å². The summed E-state index contributed by atoms with van der Waals surface area (Å²) in [5, 5.41) is 11.8. The fraction of sp³-hybridized carbons (Fsp3) is 0.538. The van der Waals surface area contributed by atoms with Crippen LogP contribution in [-0.2, 0) is 13.0 Å².